The Morgan fingerprint density at radius 3 is 2.68 bits per heavy atom. The molecule has 0 fully saturated rings. The van der Waals surface area contributed by atoms with Crippen LogP contribution in [0.5, 0.6) is 0 Å². The fraction of sp³-hybridized carbons (Fsp3) is 0.0769. The topological polar surface area (TPSA) is 60.7 Å². The number of rotatable bonds is 1. The van der Waals surface area contributed by atoms with Gasteiger partial charge >= 0.3 is 0 Å². The zero-order chi connectivity index (χ0) is 13.4. The Kier molecular flexibility index (Phi) is 2.76. The van der Waals surface area contributed by atoms with E-state index in [1.165, 1.54) is 10.9 Å². The van der Waals surface area contributed by atoms with Crippen molar-refractivity contribution in [2.75, 3.05) is 0 Å². The van der Waals surface area contributed by atoms with Gasteiger partial charge in [-0.05, 0) is 12.1 Å². The van der Waals surface area contributed by atoms with E-state index in [-0.39, 0.29) is 5.56 Å². The molecule has 2 heterocycles. The van der Waals surface area contributed by atoms with Crippen LogP contribution in [0.2, 0.25) is 5.02 Å². The van der Waals surface area contributed by atoms with Gasteiger partial charge in [0.05, 0.1) is 6.20 Å². The molecule has 0 aliphatic heterocycles. The van der Waals surface area contributed by atoms with Crippen LogP contribution in [0, 0.1) is 0 Å². The van der Waals surface area contributed by atoms with Gasteiger partial charge in [0.2, 0.25) is 0 Å². The number of hydrogen-bond donors (Lipinski definition) is 0. The van der Waals surface area contributed by atoms with Crippen LogP contribution in [0.25, 0.3) is 22.4 Å². The van der Waals surface area contributed by atoms with Crippen LogP contribution in [0.3, 0.4) is 0 Å². The van der Waals surface area contributed by atoms with E-state index in [0.29, 0.717) is 21.9 Å². The number of benzene rings is 1. The van der Waals surface area contributed by atoms with Crippen LogP contribution in [0.15, 0.2) is 41.6 Å². The summed E-state index contributed by atoms with van der Waals surface area (Å²) in [4.78, 5) is 24.6. The molecule has 0 unspecified atom stereocenters. The van der Waals surface area contributed by atoms with E-state index in [0.717, 1.165) is 5.56 Å². The average molecular weight is 273 g/mol. The van der Waals surface area contributed by atoms with Gasteiger partial charge in [-0.2, -0.15) is 0 Å². The van der Waals surface area contributed by atoms with Crippen LogP contribution >= 0.6 is 11.6 Å². The molecule has 0 bridgehead atoms. The van der Waals surface area contributed by atoms with E-state index < -0.39 is 0 Å². The van der Waals surface area contributed by atoms with Gasteiger partial charge in [0, 0.05) is 17.6 Å². The lowest BCUT2D eigenvalue weighted by Gasteiger charge is -2.06. The Hall–Kier alpha value is -2.27. The van der Waals surface area contributed by atoms with Gasteiger partial charge in [0.15, 0.2) is 5.65 Å². The summed E-state index contributed by atoms with van der Waals surface area (Å²) in [5.74, 6) is 0. The minimum atomic E-state index is -0.200. The molecule has 0 amide bonds. The summed E-state index contributed by atoms with van der Waals surface area (Å²) in [6.07, 6.45) is 2.98. The Balaban J connectivity index is 2.33. The molecule has 0 N–H and O–H groups in total. The van der Waals surface area contributed by atoms with E-state index in [4.69, 9.17) is 11.6 Å². The van der Waals surface area contributed by atoms with E-state index in [1.807, 2.05) is 0 Å². The van der Waals surface area contributed by atoms with Crippen molar-refractivity contribution in [3.63, 3.8) is 0 Å². The van der Waals surface area contributed by atoms with Gasteiger partial charge in [0.25, 0.3) is 5.56 Å². The van der Waals surface area contributed by atoms with Crippen LogP contribution in [0.1, 0.15) is 0 Å². The number of aromatic nitrogens is 4. The molecule has 5 nitrogen and oxygen atoms in total. The maximum atomic E-state index is 12.3. The number of halogens is 1. The average Bonchev–Trinajstić information content (AvgIpc) is 2.44. The lowest BCUT2D eigenvalue weighted by molar-refractivity contribution is 0.872. The predicted molar refractivity (Wildman–Crippen MR) is 73.0 cm³/mol. The number of hydrogen-bond acceptors (Lipinski definition) is 4. The van der Waals surface area contributed by atoms with E-state index in [2.05, 4.69) is 15.0 Å². The summed E-state index contributed by atoms with van der Waals surface area (Å²) in [6.45, 7) is 0. The molecule has 3 rings (SSSR count). The molecular formula is C13H9ClN4O. The highest BCUT2D eigenvalue weighted by atomic mass is 35.5. The molecule has 0 saturated carbocycles. The third-order valence-electron chi connectivity index (χ3n) is 2.85. The van der Waals surface area contributed by atoms with E-state index in [1.54, 1.807) is 37.5 Å². The molecule has 0 atom stereocenters. The molecule has 6 heteroatoms. The monoisotopic (exact) mass is 272 g/mol. The molecule has 3 aromatic rings. The van der Waals surface area contributed by atoms with Gasteiger partial charge < -0.3 is 0 Å². The largest absolute Gasteiger partial charge is 0.293 e. The standard InChI is InChI=1S/C13H9ClN4O/c1-18-12-10(6-15-7-16-12)17-11(13(18)19)8-2-4-9(14)5-3-8/h2-7H,1H3. The fourth-order valence-electron chi connectivity index (χ4n) is 1.87. The van der Waals surface area contributed by atoms with Crippen molar-refractivity contribution in [3.8, 4) is 11.3 Å². The summed E-state index contributed by atoms with van der Waals surface area (Å²) in [5, 5.41) is 0.615. The summed E-state index contributed by atoms with van der Waals surface area (Å²) < 4.78 is 1.47. The van der Waals surface area contributed by atoms with Crippen LogP contribution in [-0.2, 0) is 7.05 Å². The molecule has 19 heavy (non-hydrogen) atoms. The highest BCUT2D eigenvalue weighted by molar-refractivity contribution is 6.30. The Labute approximate surface area is 113 Å². The molecule has 0 radical (unpaired) electrons. The first-order chi connectivity index (χ1) is 9.16. The quantitative estimate of drug-likeness (QED) is 0.680. The second-order valence-electron chi connectivity index (χ2n) is 4.06. The summed E-state index contributed by atoms with van der Waals surface area (Å²) in [5.41, 5.74) is 1.97. The third kappa shape index (κ3) is 1.98. The molecule has 94 valence electrons. The Morgan fingerprint density at radius 1 is 1.21 bits per heavy atom. The van der Waals surface area contributed by atoms with Gasteiger partial charge in [-0.25, -0.2) is 15.0 Å². The highest BCUT2D eigenvalue weighted by Crippen LogP contribution is 2.18. The van der Waals surface area contributed by atoms with E-state index in [9.17, 15) is 4.79 Å². The van der Waals surface area contributed by atoms with Gasteiger partial charge in [-0.1, -0.05) is 23.7 Å². The van der Waals surface area contributed by atoms with E-state index >= 15 is 0 Å². The minimum Gasteiger partial charge on any atom is -0.293 e. The third-order valence-corrected chi connectivity index (χ3v) is 3.10. The van der Waals surface area contributed by atoms with Crippen molar-refractivity contribution >= 4 is 22.8 Å². The van der Waals surface area contributed by atoms with Crippen molar-refractivity contribution in [1.82, 2.24) is 19.5 Å². The smallest absolute Gasteiger partial charge is 0.278 e. The van der Waals surface area contributed by atoms with Crippen molar-refractivity contribution in [3.05, 3.63) is 52.2 Å². The van der Waals surface area contributed by atoms with Crippen molar-refractivity contribution < 1.29 is 0 Å². The lowest BCUT2D eigenvalue weighted by Crippen LogP contribution is -2.21. The molecule has 0 aliphatic carbocycles. The van der Waals surface area contributed by atoms with Crippen molar-refractivity contribution in [2.24, 2.45) is 7.05 Å². The number of nitrogens with zero attached hydrogens (tertiary/aromatic N) is 4. The molecule has 0 aliphatic rings. The normalized spacial score (nSPS) is 10.8. The van der Waals surface area contributed by atoms with Crippen LogP contribution in [-0.4, -0.2) is 19.5 Å². The molecule has 0 saturated heterocycles. The summed E-state index contributed by atoms with van der Waals surface area (Å²) in [6, 6.07) is 6.98. The molecule has 2 aromatic heterocycles. The van der Waals surface area contributed by atoms with Gasteiger partial charge in [-0.15, -0.1) is 0 Å². The van der Waals surface area contributed by atoms with Crippen LogP contribution in [0.4, 0.5) is 0 Å². The van der Waals surface area contributed by atoms with Crippen molar-refractivity contribution in [2.45, 2.75) is 0 Å². The fourth-order valence-corrected chi connectivity index (χ4v) is 2.00. The molecule has 0 spiro atoms. The van der Waals surface area contributed by atoms with Gasteiger partial charge in [0.1, 0.15) is 17.5 Å². The minimum absolute atomic E-state index is 0.200. The lowest BCUT2D eigenvalue weighted by atomic mass is 10.1. The second kappa shape index (κ2) is 4.44. The zero-order valence-electron chi connectivity index (χ0n) is 10.0. The first-order valence-corrected chi connectivity index (χ1v) is 5.97. The maximum absolute atomic E-state index is 12.3. The molecule has 1 aromatic carbocycles. The second-order valence-corrected chi connectivity index (χ2v) is 4.50. The summed E-state index contributed by atoms with van der Waals surface area (Å²) >= 11 is 5.84. The maximum Gasteiger partial charge on any atom is 0.278 e. The Morgan fingerprint density at radius 2 is 1.95 bits per heavy atom. The number of aryl methyl sites for hydroxylation is 1. The SMILES string of the molecule is Cn1c(=O)c(-c2ccc(Cl)cc2)nc2cncnc21. The van der Waals surface area contributed by atoms with Crippen LogP contribution < -0.4 is 5.56 Å². The Bertz CT molecular complexity index is 811. The number of fused-ring (bicyclic) bond motifs is 1. The van der Waals surface area contributed by atoms with Gasteiger partial charge in [-0.3, -0.25) is 9.36 Å². The molecular weight excluding hydrogens is 264 g/mol. The first-order valence-electron chi connectivity index (χ1n) is 5.59. The predicted octanol–water partition coefficient (Wildman–Crippen LogP) is 2.04. The first kappa shape index (κ1) is 11.8. The zero-order valence-corrected chi connectivity index (χ0v) is 10.8. The van der Waals surface area contributed by atoms with Crippen molar-refractivity contribution in [1.29, 1.82) is 0 Å². The summed E-state index contributed by atoms with van der Waals surface area (Å²) in [7, 11) is 1.67. The highest BCUT2D eigenvalue weighted by Gasteiger charge is 2.11.